The van der Waals surface area contributed by atoms with Gasteiger partial charge in [-0.3, -0.25) is 9.59 Å². The molecule has 0 atom stereocenters. The van der Waals surface area contributed by atoms with Crippen molar-refractivity contribution in [3.63, 3.8) is 0 Å². The van der Waals surface area contributed by atoms with E-state index in [1.54, 1.807) is 0 Å². The number of nitrogens with one attached hydrogen (secondary N) is 1. The second-order valence-corrected chi connectivity index (χ2v) is 3.12. The second kappa shape index (κ2) is 4.98. The Kier molecular flexibility index (Phi) is 3.84. The van der Waals surface area contributed by atoms with Gasteiger partial charge in [0.1, 0.15) is 0 Å². The van der Waals surface area contributed by atoms with Gasteiger partial charge in [0.15, 0.2) is 5.75 Å². The van der Waals surface area contributed by atoms with E-state index >= 15 is 0 Å². The molecule has 2 N–H and O–H groups in total. The van der Waals surface area contributed by atoms with Gasteiger partial charge in [-0.25, -0.2) is 0 Å². The Balaban J connectivity index is 3.30. The molecule has 0 fully saturated rings. The van der Waals surface area contributed by atoms with Gasteiger partial charge in [0.05, 0.1) is 13.5 Å². The molecule has 1 aromatic rings. The summed E-state index contributed by atoms with van der Waals surface area (Å²) in [5, 5.41) is 8.57. The summed E-state index contributed by atoms with van der Waals surface area (Å²) in [5.74, 6) is -2.97. The van der Waals surface area contributed by atoms with Crippen molar-refractivity contribution in [3.05, 3.63) is 22.1 Å². The molecule has 1 rings (SSSR count). The predicted octanol–water partition coefficient (Wildman–Crippen LogP) is 0.909. The number of aliphatic carboxylic acids is 1. The van der Waals surface area contributed by atoms with Gasteiger partial charge in [-0.1, -0.05) is 0 Å². The topological polar surface area (TPSA) is 88.6 Å². The van der Waals surface area contributed by atoms with Crippen molar-refractivity contribution in [2.45, 2.75) is 12.8 Å². The lowest BCUT2D eigenvalue weighted by Crippen LogP contribution is -2.24. The normalized spacial score (nSPS) is 11.1. The first kappa shape index (κ1) is 13.9. The number of ether oxygens (including phenoxy) is 2. The molecule has 1 heterocycles. The van der Waals surface area contributed by atoms with Gasteiger partial charge >= 0.3 is 12.3 Å². The number of hydrogen-bond acceptors (Lipinski definition) is 4. The maximum absolute atomic E-state index is 12.1. The van der Waals surface area contributed by atoms with Crippen LogP contribution in [0.1, 0.15) is 5.56 Å². The van der Waals surface area contributed by atoms with Crippen LogP contribution in [-0.2, 0) is 11.2 Å². The van der Waals surface area contributed by atoms with E-state index in [2.05, 4.69) is 9.47 Å². The molecule has 100 valence electrons. The predicted molar refractivity (Wildman–Crippen MR) is 51.6 cm³/mol. The quantitative estimate of drug-likeness (QED) is 0.846. The molecule has 0 aliphatic heterocycles. The number of methoxy groups -OCH3 is 1. The van der Waals surface area contributed by atoms with Crippen LogP contribution in [0, 0.1) is 0 Å². The number of carboxylic acids is 1. The number of hydrogen-bond donors (Lipinski definition) is 2. The van der Waals surface area contributed by atoms with Crippen LogP contribution < -0.4 is 15.0 Å². The summed E-state index contributed by atoms with van der Waals surface area (Å²) < 4.78 is 44.4. The summed E-state index contributed by atoms with van der Waals surface area (Å²) in [4.78, 5) is 23.7. The van der Waals surface area contributed by atoms with Crippen molar-refractivity contribution in [3.8, 4) is 11.5 Å². The number of carboxylic acid groups (broad SMARTS) is 1. The van der Waals surface area contributed by atoms with E-state index < -0.39 is 35.8 Å². The number of aromatic amines is 1. The van der Waals surface area contributed by atoms with Crippen molar-refractivity contribution in [2.75, 3.05) is 7.11 Å². The molecule has 18 heavy (non-hydrogen) atoms. The SMILES string of the molecule is COc1c(CC(=O)O)c[nH]c(=O)c1OC(F)(F)F. The summed E-state index contributed by atoms with van der Waals surface area (Å²) in [6.45, 7) is 0. The van der Waals surface area contributed by atoms with Gasteiger partial charge in [0.2, 0.25) is 5.75 Å². The molecular weight excluding hydrogens is 259 g/mol. The van der Waals surface area contributed by atoms with Gasteiger partial charge < -0.3 is 19.6 Å². The molecule has 6 nitrogen and oxygen atoms in total. The highest BCUT2D eigenvalue weighted by Crippen LogP contribution is 2.31. The highest BCUT2D eigenvalue weighted by atomic mass is 19.4. The molecule has 0 amide bonds. The van der Waals surface area contributed by atoms with E-state index in [0.29, 0.717) is 0 Å². The van der Waals surface area contributed by atoms with Crippen LogP contribution in [-0.4, -0.2) is 29.5 Å². The summed E-state index contributed by atoms with van der Waals surface area (Å²) >= 11 is 0. The molecule has 0 saturated heterocycles. The third-order valence-corrected chi connectivity index (χ3v) is 1.85. The van der Waals surface area contributed by atoms with Gasteiger partial charge in [-0.15, -0.1) is 13.2 Å². The smallest absolute Gasteiger partial charge is 0.492 e. The lowest BCUT2D eigenvalue weighted by molar-refractivity contribution is -0.275. The first-order valence-corrected chi connectivity index (χ1v) is 4.50. The molecule has 0 saturated carbocycles. The Morgan fingerprint density at radius 1 is 1.44 bits per heavy atom. The number of alkyl halides is 3. The van der Waals surface area contributed by atoms with E-state index in [0.717, 1.165) is 13.3 Å². The molecular formula is C9H8F3NO5. The Hall–Kier alpha value is -2.19. The Labute approximate surface area is 98.0 Å². The van der Waals surface area contributed by atoms with E-state index in [1.807, 2.05) is 4.98 Å². The van der Waals surface area contributed by atoms with Crippen LogP contribution in [0.25, 0.3) is 0 Å². The minimum absolute atomic E-state index is 0.135. The van der Waals surface area contributed by atoms with Crippen LogP contribution >= 0.6 is 0 Å². The Morgan fingerprint density at radius 3 is 2.50 bits per heavy atom. The monoisotopic (exact) mass is 267 g/mol. The molecule has 9 heteroatoms. The third-order valence-electron chi connectivity index (χ3n) is 1.85. The van der Waals surface area contributed by atoms with Gasteiger partial charge in [0, 0.05) is 11.8 Å². The number of rotatable bonds is 4. The van der Waals surface area contributed by atoms with E-state index in [1.165, 1.54) is 0 Å². The van der Waals surface area contributed by atoms with Crippen molar-refractivity contribution in [1.29, 1.82) is 0 Å². The summed E-state index contributed by atoms with van der Waals surface area (Å²) in [6, 6.07) is 0. The number of pyridine rings is 1. The summed E-state index contributed by atoms with van der Waals surface area (Å²) in [5.41, 5.74) is -1.30. The van der Waals surface area contributed by atoms with Crippen LogP contribution in [0.3, 0.4) is 0 Å². The molecule has 0 aromatic carbocycles. The summed E-state index contributed by atoms with van der Waals surface area (Å²) in [6.07, 6.45) is -4.74. The first-order chi connectivity index (χ1) is 8.24. The van der Waals surface area contributed by atoms with Crippen molar-refractivity contribution in [2.24, 2.45) is 0 Å². The lowest BCUT2D eigenvalue weighted by atomic mass is 10.2. The standard InChI is InChI=1S/C9H8F3NO5/c1-17-6-4(2-5(14)15)3-13-8(16)7(6)18-9(10,11)12/h3H,2H2,1H3,(H,13,16)(H,14,15). The molecule has 0 aliphatic rings. The number of H-pyrrole nitrogens is 1. The fraction of sp³-hybridized carbons (Fsp3) is 0.333. The maximum Gasteiger partial charge on any atom is 0.573 e. The molecule has 0 aliphatic carbocycles. The molecule has 0 unspecified atom stereocenters. The van der Waals surface area contributed by atoms with Crippen LogP contribution in [0.15, 0.2) is 11.0 Å². The fourth-order valence-electron chi connectivity index (χ4n) is 1.26. The highest BCUT2D eigenvalue weighted by molar-refractivity contribution is 5.71. The van der Waals surface area contributed by atoms with Gasteiger partial charge in [-0.05, 0) is 0 Å². The number of carbonyl (C=O) groups is 1. The van der Waals surface area contributed by atoms with Gasteiger partial charge in [0.25, 0.3) is 5.56 Å². The molecule has 1 aromatic heterocycles. The molecule has 0 spiro atoms. The average Bonchev–Trinajstić information content (AvgIpc) is 2.20. The van der Waals surface area contributed by atoms with E-state index in [9.17, 15) is 22.8 Å². The highest BCUT2D eigenvalue weighted by Gasteiger charge is 2.34. The van der Waals surface area contributed by atoms with Crippen LogP contribution in [0.5, 0.6) is 11.5 Å². The van der Waals surface area contributed by atoms with E-state index in [4.69, 9.17) is 5.11 Å². The largest absolute Gasteiger partial charge is 0.573 e. The number of halogens is 3. The zero-order valence-electron chi connectivity index (χ0n) is 9.00. The zero-order valence-corrected chi connectivity index (χ0v) is 9.00. The minimum Gasteiger partial charge on any atom is -0.492 e. The molecule has 0 radical (unpaired) electrons. The lowest BCUT2D eigenvalue weighted by Gasteiger charge is -2.13. The third kappa shape index (κ3) is 3.40. The average molecular weight is 267 g/mol. The van der Waals surface area contributed by atoms with Crippen molar-refractivity contribution >= 4 is 5.97 Å². The van der Waals surface area contributed by atoms with Crippen molar-refractivity contribution < 1.29 is 32.5 Å². The minimum atomic E-state index is -5.08. The summed E-state index contributed by atoms with van der Waals surface area (Å²) in [7, 11) is 1.00. The van der Waals surface area contributed by atoms with Gasteiger partial charge in [-0.2, -0.15) is 0 Å². The first-order valence-electron chi connectivity index (χ1n) is 4.50. The second-order valence-electron chi connectivity index (χ2n) is 3.12. The molecule has 0 bridgehead atoms. The Morgan fingerprint density at radius 2 is 2.06 bits per heavy atom. The van der Waals surface area contributed by atoms with Crippen LogP contribution in [0.2, 0.25) is 0 Å². The van der Waals surface area contributed by atoms with E-state index in [-0.39, 0.29) is 5.56 Å². The fourth-order valence-corrected chi connectivity index (χ4v) is 1.26. The van der Waals surface area contributed by atoms with Crippen molar-refractivity contribution in [1.82, 2.24) is 4.98 Å². The number of aromatic nitrogens is 1. The Bertz CT molecular complexity index is 508. The zero-order chi connectivity index (χ0) is 13.9. The maximum atomic E-state index is 12.1. The van der Waals surface area contributed by atoms with Crippen LogP contribution in [0.4, 0.5) is 13.2 Å².